The third kappa shape index (κ3) is 5.24. The van der Waals surface area contributed by atoms with E-state index >= 15 is 0 Å². The monoisotopic (exact) mass is 420 g/mol. The molecule has 3 rings (SSSR count). The maximum absolute atomic E-state index is 13.0. The fourth-order valence-electron chi connectivity index (χ4n) is 2.90. The van der Waals surface area contributed by atoms with E-state index in [2.05, 4.69) is 5.32 Å². The highest BCUT2D eigenvalue weighted by Gasteiger charge is 2.27. The molecule has 1 unspecified atom stereocenters. The second-order valence-electron chi connectivity index (χ2n) is 6.69. The zero-order valence-corrected chi connectivity index (χ0v) is 16.9. The molecule has 158 valence electrons. The van der Waals surface area contributed by atoms with E-state index in [1.807, 2.05) is 0 Å². The number of nitro benzene ring substituents is 1. The van der Waals surface area contributed by atoms with E-state index in [1.165, 1.54) is 31.4 Å². The van der Waals surface area contributed by atoms with E-state index in [9.17, 15) is 19.7 Å². The van der Waals surface area contributed by atoms with Crippen molar-refractivity contribution < 1.29 is 24.0 Å². The van der Waals surface area contributed by atoms with Crippen LogP contribution in [0.1, 0.15) is 27.6 Å². The van der Waals surface area contributed by atoms with Crippen LogP contribution in [0.4, 0.5) is 11.4 Å². The number of aryl methyl sites for hydroxylation is 1. The second-order valence-corrected chi connectivity index (χ2v) is 6.69. The van der Waals surface area contributed by atoms with Crippen molar-refractivity contribution in [2.75, 3.05) is 12.4 Å². The molecule has 0 aliphatic rings. The van der Waals surface area contributed by atoms with Crippen LogP contribution in [0.3, 0.4) is 0 Å². The van der Waals surface area contributed by atoms with Crippen molar-refractivity contribution in [3.05, 3.63) is 99.6 Å². The number of nitrogens with one attached hydrogen (secondary N) is 1. The molecular formula is C23H20N2O6. The van der Waals surface area contributed by atoms with Crippen LogP contribution in [0.25, 0.3) is 0 Å². The van der Waals surface area contributed by atoms with Gasteiger partial charge in [-0.25, -0.2) is 4.79 Å². The van der Waals surface area contributed by atoms with E-state index in [0.29, 0.717) is 16.9 Å². The third-order valence-electron chi connectivity index (χ3n) is 4.50. The van der Waals surface area contributed by atoms with Crippen LogP contribution in [0.2, 0.25) is 0 Å². The molecular weight excluding hydrogens is 400 g/mol. The zero-order chi connectivity index (χ0) is 22.4. The number of amides is 1. The van der Waals surface area contributed by atoms with Crippen molar-refractivity contribution in [2.24, 2.45) is 0 Å². The normalized spacial score (nSPS) is 11.3. The standard InChI is InChI=1S/C23H20N2O6/c1-15-8-13-19(20(14-15)25(28)29)24-22(26)21(16-6-4-3-5-7-16)31-23(27)17-9-11-18(30-2)12-10-17/h3-14,21H,1-2H3,(H,24,26). The lowest BCUT2D eigenvalue weighted by atomic mass is 10.1. The lowest BCUT2D eigenvalue weighted by molar-refractivity contribution is -0.384. The van der Waals surface area contributed by atoms with E-state index in [1.54, 1.807) is 55.5 Å². The number of anilines is 1. The Kier molecular flexibility index (Phi) is 6.61. The van der Waals surface area contributed by atoms with Crippen LogP contribution >= 0.6 is 0 Å². The van der Waals surface area contributed by atoms with Crippen molar-refractivity contribution in [1.29, 1.82) is 0 Å². The predicted molar refractivity (Wildman–Crippen MR) is 114 cm³/mol. The summed E-state index contributed by atoms with van der Waals surface area (Å²) in [6, 6.07) is 19.1. The third-order valence-corrected chi connectivity index (χ3v) is 4.50. The highest BCUT2D eigenvalue weighted by molar-refractivity contribution is 5.99. The van der Waals surface area contributed by atoms with Gasteiger partial charge < -0.3 is 14.8 Å². The highest BCUT2D eigenvalue weighted by Crippen LogP contribution is 2.28. The average molecular weight is 420 g/mol. The summed E-state index contributed by atoms with van der Waals surface area (Å²) in [4.78, 5) is 36.5. The molecule has 0 spiro atoms. The maximum Gasteiger partial charge on any atom is 0.339 e. The Hall–Kier alpha value is -4.20. The van der Waals surface area contributed by atoms with Crippen molar-refractivity contribution >= 4 is 23.3 Å². The molecule has 1 atom stereocenters. The van der Waals surface area contributed by atoms with Crippen molar-refractivity contribution in [1.82, 2.24) is 0 Å². The fraction of sp³-hybridized carbons (Fsp3) is 0.130. The second kappa shape index (κ2) is 9.53. The summed E-state index contributed by atoms with van der Waals surface area (Å²) < 4.78 is 10.6. The van der Waals surface area contributed by atoms with Gasteiger partial charge in [-0.2, -0.15) is 0 Å². The van der Waals surface area contributed by atoms with Crippen molar-refractivity contribution in [3.63, 3.8) is 0 Å². The van der Waals surface area contributed by atoms with Crippen LogP contribution in [0.5, 0.6) is 5.75 Å². The Morgan fingerprint density at radius 1 is 1.00 bits per heavy atom. The highest BCUT2D eigenvalue weighted by atomic mass is 16.6. The quantitative estimate of drug-likeness (QED) is 0.344. The number of esters is 1. The number of rotatable bonds is 7. The summed E-state index contributed by atoms with van der Waals surface area (Å²) in [5, 5.41) is 13.9. The van der Waals surface area contributed by atoms with Gasteiger partial charge in [0.15, 0.2) is 0 Å². The molecule has 0 saturated carbocycles. The smallest absolute Gasteiger partial charge is 0.339 e. The molecule has 0 bridgehead atoms. The van der Waals surface area contributed by atoms with Gasteiger partial charge in [-0.3, -0.25) is 14.9 Å². The lowest BCUT2D eigenvalue weighted by Crippen LogP contribution is -2.26. The van der Waals surface area contributed by atoms with Crippen molar-refractivity contribution in [2.45, 2.75) is 13.0 Å². The van der Waals surface area contributed by atoms with E-state index in [0.717, 1.165) is 0 Å². The van der Waals surface area contributed by atoms with Gasteiger partial charge in [0.1, 0.15) is 11.4 Å². The van der Waals surface area contributed by atoms with E-state index in [-0.39, 0.29) is 16.9 Å². The molecule has 8 nitrogen and oxygen atoms in total. The Balaban J connectivity index is 1.88. The zero-order valence-electron chi connectivity index (χ0n) is 16.9. The first-order valence-electron chi connectivity index (χ1n) is 9.35. The average Bonchev–Trinajstić information content (AvgIpc) is 2.78. The molecule has 3 aromatic carbocycles. The number of hydrogen-bond donors (Lipinski definition) is 1. The summed E-state index contributed by atoms with van der Waals surface area (Å²) in [6.45, 7) is 1.71. The number of nitrogens with zero attached hydrogens (tertiary/aromatic N) is 1. The minimum atomic E-state index is -1.31. The minimum absolute atomic E-state index is 0.0158. The summed E-state index contributed by atoms with van der Waals surface area (Å²) in [6.07, 6.45) is -1.31. The molecule has 0 fully saturated rings. The number of carbonyl (C=O) groups excluding carboxylic acids is 2. The lowest BCUT2D eigenvalue weighted by Gasteiger charge is -2.18. The van der Waals surface area contributed by atoms with Crippen LogP contribution in [-0.4, -0.2) is 23.9 Å². The van der Waals surface area contributed by atoms with E-state index in [4.69, 9.17) is 9.47 Å². The summed E-state index contributed by atoms with van der Waals surface area (Å²) in [5.74, 6) is -0.856. The number of carbonyl (C=O) groups is 2. The largest absolute Gasteiger partial charge is 0.497 e. The topological polar surface area (TPSA) is 108 Å². The minimum Gasteiger partial charge on any atom is -0.497 e. The number of nitro groups is 1. The summed E-state index contributed by atoms with van der Waals surface area (Å²) >= 11 is 0. The molecule has 1 N–H and O–H groups in total. The molecule has 1 amide bonds. The Morgan fingerprint density at radius 3 is 2.29 bits per heavy atom. The molecule has 8 heteroatoms. The molecule has 0 radical (unpaired) electrons. The SMILES string of the molecule is COc1ccc(C(=O)OC(C(=O)Nc2ccc(C)cc2[N+](=O)[O-])c2ccccc2)cc1. The number of ether oxygens (including phenoxy) is 2. The summed E-state index contributed by atoms with van der Waals surface area (Å²) in [5.41, 5.74) is 1.10. The molecule has 0 aliphatic carbocycles. The van der Waals surface area contributed by atoms with Crippen LogP contribution in [-0.2, 0) is 9.53 Å². The molecule has 3 aromatic rings. The van der Waals surface area contributed by atoms with Gasteiger partial charge >= 0.3 is 5.97 Å². The van der Waals surface area contributed by atoms with Gasteiger partial charge in [0, 0.05) is 11.6 Å². The van der Waals surface area contributed by atoms with Crippen LogP contribution in [0.15, 0.2) is 72.8 Å². The molecule has 31 heavy (non-hydrogen) atoms. The van der Waals surface area contributed by atoms with Crippen LogP contribution in [0, 0.1) is 17.0 Å². The number of benzene rings is 3. The predicted octanol–water partition coefficient (Wildman–Crippen LogP) is 4.45. The van der Waals surface area contributed by atoms with Gasteiger partial charge in [-0.1, -0.05) is 36.4 Å². The van der Waals surface area contributed by atoms with Gasteiger partial charge in [0.2, 0.25) is 6.10 Å². The van der Waals surface area contributed by atoms with Gasteiger partial charge in [-0.15, -0.1) is 0 Å². The maximum atomic E-state index is 13.0. The number of hydrogen-bond acceptors (Lipinski definition) is 6. The molecule has 0 aliphatic heterocycles. The van der Waals surface area contributed by atoms with E-state index < -0.39 is 22.9 Å². The van der Waals surface area contributed by atoms with Gasteiger partial charge in [0.05, 0.1) is 17.6 Å². The Bertz CT molecular complexity index is 1100. The molecule has 0 saturated heterocycles. The summed E-state index contributed by atoms with van der Waals surface area (Å²) in [7, 11) is 1.51. The first kappa shape index (κ1) is 21.5. The Labute approximate surface area is 178 Å². The Morgan fingerprint density at radius 2 is 1.68 bits per heavy atom. The molecule has 0 aromatic heterocycles. The van der Waals surface area contributed by atoms with Gasteiger partial charge in [-0.05, 0) is 42.8 Å². The first-order valence-corrected chi connectivity index (χ1v) is 9.35. The first-order chi connectivity index (χ1) is 14.9. The van der Waals surface area contributed by atoms with Crippen molar-refractivity contribution in [3.8, 4) is 5.75 Å². The fourth-order valence-corrected chi connectivity index (χ4v) is 2.90. The van der Waals surface area contributed by atoms with Gasteiger partial charge in [0.25, 0.3) is 11.6 Å². The number of methoxy groups -OCH3 is 1. The molecule has 0 heterocycles. The van der Waals surface area contributed by atoms with Crippen LogP contribution < -0.4 is 10.1 Å².